The van der Waals surface area contributed by atoms with Gasteiger partial charge in [-0.1, -0.05) is 35.5 Å². The van der Waals surface area contributed by atoms with Crippen LogP contribution in [0.3, 0.4) is 0 Å². The molecule has 4 rings (SSSR count). The number of aromatic nitrogens is 2. The van der Waals surface area contributed by atoms with Crippen molar-refractivity contribution in [2.75, 3.05) is 11.9 Å². The number of benzene rings is 2. The van der Waals surface area contributed by atoms with Crippen LogP contribution < -0.4 is 5.32 Å². The molecule has 28 heavy (non-hydrogen) atoms. The van der Waals surface area contributed by atoms with Gasteiger partial charge in [0, 0.05) is 23.9 Å². The van der Waals surface area contributed by atoms with Gasteiger partial charge in [-0.15, -0.1) is 0 Å². The van der Waals surface area contributed by atoms with Crippen LogP contribution in [0, 0.1) is 11.6 Å². The Kier molecular flexibility index (Phi) is 5.01. The van der Waals surface area contributed by atoms with E-state index in [1.54, 1.807) is 4.90 Å². The summed E-state index contributed by atoms with van der Waals surface area (Å²) in [6.45, 7) is 0.503. The molecule has 2 aromatic carbocycles. The molecule has 144 valence electrons. The van der Waals surface area contributed by atoms with Crippen molar-refractivity contribution in [2.24, 2.45) is 0 Å². The average Bonchev–Trinajstić information content (AvgIpc) is 3.21. The maximum absolute atomic E-state index is 13.4. The molecule has 1 aromatic heterocycles. The maximum Gasteiger partial charge on any atom is 0.322 e. The van der Waals surface area contributed by atoms with Gasteiger partial charge in [-0.25, -0.2) is 13.6 Å². The van der Waals surface area contributed by atoms with Gasteiger partial charge in [0.2, 0.25) is 11.7 Å². The second kappa shape index (κ2) is 7.75. The third-order valence-electron chi connectivity index (χ3n) is 4.69. The molecule has 0 unspecified atom stereocenters. The summed E-state index contributed by atoms with van der Waals surface area (Å²) in [5, 5.41) is 6.63. The third kappa shape index (κ3) is 3.71. The predicted molar refractivity (Wildman–Crippen MR) is 98.4 cm³/mol. The van der Waals surface area contributed by atoms with Gasteiger partial charge in [-0.2, -0.15) is 4.98 Å². The van der Waals surface area contributed by atoms with E-state index in [1.165, 1.54) is 6.07 Å². The first kappa shape index (κ1) is 18.1. The molecule has 0 bridgehead atoms. The Bertz CT molecular complexity index is 977. The van der Waals surface area contributed by atoms with Crippen LogP contribution in [0.25, 0.3) is 11.4 Å². The molecule has 3 aromatic rings. The number of nitrogens with zero attached hydrogens (tertiary/aromatic N) is 3. The van der Waals surface area contributed by atoms with Crippen LogP contribution in [0.1, 0.15) is 31.2 Å². The summed E-state index contributed by atoms with van der Waals surface area (Å²) in [4.78, 5) is 18.8. The number of rotatable bonds is 3. The molecule has 1 N–H and O–H groups in total. The van der Waals surface area contributed by atoms with E-state index in [2.05, 4.69) is 15.5 Å². The van der Waals surface area contributed by atoms with E-state index in [-0.39, 0.29) is 11.7 Å². The first-order valence-corrected chi connectivity index (χ1v) is 9.03. The summed E-state index contributed by atoms with van der Waals surface area (Å²) in [7, 11) is 0. The highest BCUT2D eigenvalue weighted by Gasteiger charge is 2.32. The number of carbonyl (C=O) groups excluding carboxylic acids is 1. The molecule has 1 saturated heterocycles. The molecular weight excluding hydrogens is 366 g/mol. The molecule has 1 aliphatic heterocycles. The summed E-state index contributed by atoms with van der Waals surface area (Å²) in [5.74, 6) is -1.16. The van der Waals surface area contributed by atoms with Crippen LogP contribution >= 0.6 is 0 Å². The van der Waals surface area contributed by atoms with E-state index in [9.17, 15) is 13.6 Å². The molecule has 0 saturated carbocycles. The second-order valence-corrected chi connectivity index (χ2v) is 6.59. The predicted octanol–water partition coefficient (Wildman–Crippen LogP) is 4.77. The molecule has 2 heterocycles. The van der Waals surface area contributed by atoms with Crippen molar-refractivity contribution >= 4 is 11.7 Å². The fourth-order valence-electron chi connectivity index (χ4n) is 3.28. The van der Waals surface area contributed by atoms with Gasteiger partial charge < -0.3 is 14.7 Å². The zero-order valence-electron chi connectivity index (χ0n) is 14.9. The molecule has 8 heteroatoms. The van der Waals surface area contributed by atoms with Crippen molar-refractivity contribution in [1.82, 2.24) is 15.0 Å². The largest absolute Gasteiger partial charge is 0.337 e. The van der Waals surface area contributed by atoms with Crippen molar-refractivity contribution in [1.29, 1.82) is 0 Å². The minimum atomic E-state index is -1.02. The number of halogens is 2. The lowest BCUT2D eigenvalue weighted by Gasteiger charge is -2.33. The number of hydrogen-bond donors (Lipinski definition) is 1. The van der Waals surface area contributed by atoms with E-state index in [0.29, 0.717) is 24.7 Å². The number of carbonyl (C=O) groups is 1. The molecule has 0 radical (unpaired) electrons. The maximum atomic E-state index is 13.4. The number of hydrogen-bond acceptors (Lipinski definition) is 4. The Morgan fingerprint density at radius 2 is 1.93 bits per heavy atom. The fraction of sp³-hybridized carbons (Fsp3) is 0.250. The third-order valence-corrected chi connectivity index (χ3v) is 4.69. The standard InChI is InChI=1S/C20H18F2N4O2/c21-15-10-9-14(12-16(15)22)23-20(27)26-11-5-4-8-17(26)19-24-18(25-28-19)13-6-2-1-3-7-13/h1-3,6-7,9-10,12,17H,4-5,8,11H2,(H,23,27)/t17-/m1/s1. The lowest BCUT2D eigenvalue weighted by Crippen LogP contribution is -2.41. The number of anilines is 1. The average molecular weight is 384 g/mol. The molecule has 2 amide bonds. The molecule has 0 aliphatic carbocycles. The number of urea groups is 1. The van der Waals surface area contributed by atoms with Gasteiger partial charge in [-0.3, -0.25) is 0 Å². The number of amides is 2. The Labute approximate surface area is 160 Å². The minimum Gasteiger partial charge on any atom is -0.337 e. The van der Waals surface area contributed by atoms with Crippen molar-refractivity contribution in [2.45, 2.75) is 25.3 Å². The van der Waals surface area contributed by atoms with Gasteiger partial charge in [0.25, 0.3) is 0 Å². The van der Waals surface area contributed by atoms with Crippen LogP contribution in [-0.2, 0) is 0 Å². The van der Waals surface area contributed by atoms with E-state index in [4.69, 9.17) is 4.52 Å². The zero-order chi connectivity index (χ0) is 19.5. The molecule has 1 atom stereocenters. The normalized spacial score (nSPS) is 16.8. The van der Waals surface area contributed by atoms with E-state index < -0.39 is 17.7 Å². The smallest absolute Gasteiger partial charge is 0.322 e. The fourth-order valence-corrected chi connectivity index (χ4v) is 3.28. The highest BCUT2D eigenvalue weighted by atomic mass is 19.2. The molecule has 0 spiro atoms. The number of likely N-dealkylation sites (tertiary alicyclic amines) is 1. The summed E-state index contributed by atoms with van der Waals surface area (Å²) in [6.07, 6.45) is 2.44. The molecular formula is C20H18F2N4O2. The summed E-state index contributed by atoms with van der Waals surface area (Å²) in [6, 6.07) is 11.9. The highest BCUT2D eigenvalue weighted by Crippen LogP contribution is 2.31. The minimum absolute atomic E-state index is 0.184. The zero-order valence-corrected chi connectivity index (χ0v) is 14.9. The lowest BCUT2D eigenvalue weighted by molar-refractivity contribution is 0.142. The molecule has 6 nitrogen and oxygen atoms in total. The van der Waals surface area contributed by atoms with Crippen molar-refractivity contribution in [3.63, 3.8) is 0 Å². The Balaban J connectivity index is 1.53. The van der Waals surface area contributed by atoms with Crippen LogP contribution in [0.5, 0.6) is 0 Å². The van der Waals surface area contributed by atoms with Gasteiger partial charge in [0.05, 0.1) is 0 Å². The van der Waals surface area contributed by atoms with E-state index in [0.717, 1.165) is 30.5 Å². The van der Waals surface area contributed by atoms with Gasteiger partial charge in [0.15, 0.2) is 11.6 Å². The van der Waals surface area contributed by atoms with Crippen LogP contribution in [-0.4, -0.2) is 27.6 Å². The monoisotopic (exact) mass is 384 g/mol. The summed E-state index contributed by atoms with van der Waals surface area (Å²) in [5.41, 5.74) is 1.01. The van der Waals surface area contributed by atoms with Crippen LogP contribution in [0.2, 0.25) is 0 Å². The molecule has 1 aliphatic rings. The second-order valence-electron chi connectivity index (χ2n) is 6.59. The van der Waals surface area contributed by atoms with Gasteiger partial charge >= 0.3 is 6.03 Å². The van der Waals surface area contributed by atoms with Crippen molar-refractivity contribution < 1.29 is 18.1 Å². The Hall–Kier alpha value is -3.29. The summed E-state index contributed by atoms with van der Waals surface area (Å²) >= 11 is 0. The summed E-state index contributed by atoms with van der Waals surface area (Å²) < 4.78 is 31.9. The van der Waals surface area contributed by atoms with E-state index in [1.807, 2.05) is 30.3 Å². The number of nitrogens with one attached hydrogen (secondary N) is 1. The SMILES string of the molecule is O=C(Nc1ccc(F)c(F)c1)N1CCCC[C@@H]1c1nc(-c2ccccc2)no1. The lowest BCUT2D eigenvalue weighted by atomic mass is 10.0. The van der Waals surface area contributed by atoms with Crippen LogP contribution in [0.4, 0.5) is 19.3 Å². The Morgan fingerprint density at radius 1 is 1.11 bits per heavy atom. The first-order chi connectivity index (χ1) is 13.6. The topological polar surface area (TPSA) is 71.3 Å². The number of piperidine rings is 1. The van der Waals surface area contributed by atoms with Crippen molar-refractivity contribution in [3.05, 3.63) is 66.1 Å². The Morgan fingerprint density at radius 3 is 2.71 bits per heavy atom. The molecule has 1 fully saturated rings. The van der Waals surface area contributed by atoms with Gasteiger partial charge in [-0.05, 0) is 31.4 Å². The van der Waals surface area contributed by atoms with Crippen LogP contribution in [0.15, 0.2) is 53.1 Å². The first-order valence-electron chi connectivity index (χ1n) is 9.03. The van der Waals surface area contributed by atoms with Gasteiger partial charge in [0.1, 0.15) is 6.04 Å². The highest BCUT2D eigenvalue weighted by molar-refractivity contribution is 5.89. The van der Waals surface area contributed by atoms with E-state index >= 15 is 0 Å². The quantitative estimate of drug-likeness (QED) is 0.706. The van der Waals surface area contributed by atoms with Crippen molar-refractivity contribution in [3.8, 4) is 11.4 Å².